The molecule has 0 saturated carbocycles. The molecule has 1 atom stereocenters. The maximum absolute atomic E-state index is 11.8. The highest BCUT2D eigenvalue weighted by molar-refractivity contribution is 5.94. The van der Waals surface area contributed by atoms with Gasteiger partial charge in [0.15, 0.2) is 0 Å². The first-order valence-corrected chi connectivity index (χ1v) is 5.52. The minimum Gasteiger partial charge on any atom is -0.508 e. The van der Waals surface area contributed by atoms with Gasteiger partial charge in [-0.2, -0.15) is 0 Å². The van der Waals surface area contributed by atoms with Crippen molar-refractivity contribution in [1.82, 2.24) is 5.32 Å². The molecule has 5 nitrogen and oxygen atoms in total. The fraction of sp³-hybridized carbons (Fsp3) is 0.333. The molecule has 0 bridgehead atoms. The summed E-state index contributed by atoms with van der Waals surface area (Å²) in [5.41, 5.74) is 0.643. The molecule has 1 fully saturated rings. The van der Waals surface area contributed by atoms with Crippen molar-refractivity contribution in [2.45, 2.75) is 12.8 Å². The first kappa shape index (κ1) is 11.4. The van der Waals surface area contributed by atoms with Crippen LogP contribution in [0.25, 0.3) is 0 Å². The summed E-state index contributed by atoms with van der Waals surface area (Å²) in [6, 6.07) is 6.29. The van der Waals surface area contributed by atoms with Gasteiger partial charge in [0.1, 0.15) is 5.75 Å². The minimum absolute atomic E-state index is 0.00122. The Morgan fingerprint density at radius 2 is 2.06 bits per heavy atom. The number of piperidine rings is 1. The third-order valence-corrected chi connectivity index (χ3v) is 2.77. The molecular formula is C12H14N2O3. The van der Waals surface area contributed by atoms with Crippen molar-refractivity contribution in [3.05, 3.63) is 24.3 Å². The zero-order chi connectivity index (χ0) is 12.3. The standard InChI is InChI=1S/C12H14N2O3/c15-10-4-2-9(3-5-10)14-12(17)8-1-6-11(16)13-7-8/h2-5,8,15H,1,6-7H2,(H,13,16)(H,14,17). The Hall–Kier alpha value is -2.04. The van der Waals surface area contributed by atoms with Gasteiger partial charge in [-0.1, -0.05) is 0 Å². The molecule has 1 heterocycles. The molecule has 1 aromatic rings. The lowest BCUT2D eigenvalue weighted by atomic mass is 9.98. The van der Waals surface area contributed by atoms with Gasteiger partial charge >= 0.3 is 0 Å². The van der Waals surface area contributed by atoms with E-state index in [-0.39, 0.29) is 23.5 Å². The van der Waals surface area contributed by atoms with Gasteiger partial charge in [-0.05, 0) is 30.7 Å². The van der Waals surface area contributed by atoms with Crippen molar-refractivity contribution in [2.75, 3.05) is 11.9 Å². The molecule has 2 amide bonds. The summed E-state index contributed by atoms with van der Waals surface area (Å²) in [6.07, 6.45) is 0.976. The van der Waals surface area contributed by atoms with Crippen molar-refractivity contribution >= 4 is 17.5 Å². The highest BCUT2D eigenvalue weighted by atomic mass is 16.3. The van der Waals surface area contributed by atoms with E-state index in [9.17, 15) is 9.59 Å². The Labute approximate surface area is 98.8 Å². The molecule has 1 saturated heterocycles. The van der Waals surface area contributed by atoms with Gasteiger partial charge in [0, 0.05) is 18.7 Å². The lowest BCUT2D eigenvalue weighted by Gasteiger charge is -2.21. The fourth-order valence-corrected chi connectivity index (χ4v) is 1.75. The molecule has 0 aliphatic carbocycles. The third kappa shape index (κ3) is 2.96. The summed E-state index contributed by atoms with van der Waals surface area (Å²) in [6.45, 7) is 0.392. The van der Waals surface area contributed by atoms with Crippen LogP contribution in [0, 0.1) is 5.92 Å². The normalized spacial score (nSPS) is 19.5. The number of hydrogen-bond acceptors (Lipinski definition) is 3. The number of phenols is 1. The molecule has 1 unspecified atom stereocenters. The van der Waals surface area contributed by atoms with Gasteiger partial charge in [0.05, 0.1) is 5.92 Å². The van der Waals surface area contributed by atoms with Crippen molar-refractivity contribution in [2.24, 2.45) is 5.92 Å². The van der Waals surface area contributed by atoms with Crippen LogP contribution in [0.3, 0.4) is 0 Å². The fourth-order valence-electron chi connectivity index (χ4n) is 1.75. The minimum atomic E-state index is -0.179. The SMILES string of the molecule is O=C1CCC(C(=O)Nc2ccc(O)cc2)CN1. The second kappa shape index (κ2) is 4.86. The largest absolute Gasteiger partial charge is 0.508 e. The summed E-state index contributed by atoms with van der Waals surface area (Å²) >= 11 is 0. The Morgan fingerprint density at radius 1 is 1.35 bits per heavy atom. The van der Waals surface area contributed by atoms with Crippen molar-refractivity contribution < 1.29 is 14.7 Å². The summed E-state index contributed by atoms with van der Waals surface area (Å²) in [4.78, 5) is 22.8. The van der Waals surface area contributed by atoms with E-state index in [1.165, 1.54) is 12.1 Å². The van der Waals surface area contributed by atoms with Crippen molar-refractivity contribution in [3.63, 3.8) is 0 Å². The molecule has 1 aliphatic rings. The lowest BCUT2D eigenvalue weighted by Crippen LogP contribution is -2.40. The van der Waals surface area contributed by atoms with E-state index in [2.05, 4.69) is 10.6 Å². The number of phenolic OH excluding ortho intramolecular Hbond substituents is 1. The Morgan fingerprint density at radius 3 is 2.65 bits per heavy atom. The number of nitrogens with one attached hydrogen (secondary N) is 2. The average molecular weight is 234 g/mol. The van der Waals surface area contributed by atoms with Crippen LogP contribution in [0.15, 0.2) is 24.3 Å². The van der Waals surface area contributed by atoms with Gasteiger partial charge < -0.3 is 15.7 Å². The Kier molecular flexibility index (Phi) is 3.27. The van der Waals surface area contributed by atoms with Crippen LogP contribution in [-0.2, 0) is 9.59 Å². The number of rotatable bonds is 2. The van der Waals surface area contributed by atoms with Crippen molar-refractivity contribution in [3.8, 4) is 5.75 Å². The number of amides is 2. The first-order valence-electron chi connectivity index (χ1n) is 5.52. The predicted molar refractivity (Wildman–Crippen MR) is 62.5 cm³/mol. The first-order chi connectivity index (χ1) is 8.15. The average Bonchev–Trinajstić information content (AvgIpc) is 2.33. The smallest absolute Gasteiger partial charge is 0.229 e. The third-order valence-electron chi connectivity index (χ3n) is 2.77. The van der Waals surface area contributed by atoms with Gasteiger partial charge in [0.2, 0.25) is 11.8 Å². The van der Waals surface area contributed by atoms with E-state index in [1.807, 2.05) is 0 Å². The topological polar surface area (TPSA) is 78.4 Å². The zero-order valence-electron chi connectivity index (χ0n) is 9.27. The molecule has 2 rings (SSSR count). The Bertz CT molecular complexity index is 418. The molecule has 0 radical (unpaired) electrons. The zero-order valence-corrected chi connectivity index (χ0v) is 9.27. The van der Waals surface area contributed by atoms with E-state index >= 15 is 0 Å². The van der Waals surface area contributed by atoms with Gasteiger partial charge in [0.25, 0.3) is 0 Å². The highest BCUT2D eigenvalue weighted by Crippen LogP contribution is 2.17. The van der Waals surface area contributed by atoms with Gasteiger partial charge in [-0.3, -0.25) is 9.59 Å². The van der Waals surface area contributed by atoms with E-state index in [0.29, 0.717) is 25.1 Å². The molecule has 3 N–H and O–H groups in total. The molecule has 17 heavy (non-hydrogen) atoms. The maximum atomic E-state index is 11.8. The van der Waals surface area contributed by atoms with Gasteiger partial charge in [-0.25, -0.2) is 0 Å². The summed E-state index contributed by atoms with van der Waals surface area (Å²) in [5.74, 6) is -0.121. The number of carbonyl (C=O) groups excluding carboxylic acids is 2. The maximum Gasteiger partial charge on any atom is 0.229 e. The summed E-state index contributed by atoms with van der Waals surface area (Å²) in [5, 5.41) is 14.5. The lowest BCUT2D eigenvalue weighted by molar-refractivity contribution is -0.126. The van der Waals surface area contributed by atoms with E-state index in [0.717, 1.165) is 0 Å². The van der Waals surface area contributed by atoms with E-state index in [1.54, 1.807) is 12.1 Å². The second-order valence-corrected chi connectivity index (χ2v) is 4.08. The van der Waals surface area contributed by atoms with Gasteiger partial charge in [-0.15, -0.1) is 0 Å². The second-order valence-electron chi connectivity index (χ2n) is 4.08. The number of carbonyl (C=O) groups is 2. The molecule has 0 spiro atoms. The van der Waals surface area contributed by atoms with Crippen LogP contribution in [0.1, 0.15) is 12.8 Å². The van der Waals surface area contributed by atoms with Crippen LogP contribution in [0.4, 0.5) is 5.69 Å². The number of anilines is 1. The van der Waals surface area contributed by atoms with Crippen LogP contribution < -0.4 is 10.6 Å². The predicted octanol–water partition coefficient (Wildman–Crippen LogP) is 0.857. The number of benzene rings is 1. The van der Waals surface area contributed by atoms with Crippen LogP contribution in [0.2, 0.25) is 0 Å². The number of aromatic hydroxyl groups is 1. The number of hydrogen-bond donors (Lipinski definition) is 3. The van der Waals surface area contributed by atoms with E-state index in [4.69, 9.17) is 5.11 Å². The molecule has 1 aliphatic heterocycles. The van der Waals surface area contributed by atoms with E-state index < -0.39 is 0 Å². The summed E-state index contributed by atoms with van der Waals surface area (Å²) < 4.78 is 0. The molecular weight excluding hydrogens is 220 g/mol. The Balaban J connectivity index is 1.92. The van der Waals surface area contributed by atoms with Crippen LogP contribution >= 0.6 is 0 Å². The highest BCUT2D eigenvalue weighted by Gasteiger charge is 2.24. The summed E-state index contributed by atoms with van der Waals surface area (Å²) in [7, 11) is 0. The van der Waals surface area contributed by atoms with Crippen molar-refractivity contribution in [1.29, 1.82) is 0 Å². The quantitative estimate of drug-likeness (QED) is 0.664. The molecule has 0 aromatic heterocycles. The molecule has 1 aromatic carbocycles. The monoisotopic (exact) mass is 234 g/mol. The molecule has 5 heteroatoms. The molecule has 90 valence electrons. The van der Waals surface area contributed by atoms with Crippen LogP contribution in [-0.4, -0.2) is 23.5 Å². The van der Waals surface area contributed by atoms with Crippen LogP contribution in [0.5, 0.6) is 5.75 Å².